The Kier molecular flexibility index (Phi) is 7.01. The second-order valence-corrected chi connectivity index (χ2v) is 7.47. The van der Waals surface area contributed by atoms with Crippen LogP contribution in [0.5, 0.6) is 0 Å². The predicted molar refractivity (Wildman–Crippen MR) is 117 cm³/mol. The quantitative estimate of drug-likeness (QED) is 0.627. The number of rotatable bonds is 8. The van der Waals surface area contributed by atoms with Crippen molar-refractivity contribution < 1.29 is 9.59 Å². The molecular formula is C24H28N4O2. The Morgan fingerprint density at radius 2 is 1.83 bits per heavy atom. The van der Waals surface area contributed by atoms with Crippen molar-refractivity contribution in [3.05, 3.63) is 89.5 Å². The lowest BCUT2D eigenvalue weighted by Crippen LogP contribution is -2.41. The molecule has 0 aliphatic carbocycles. The highest BCUT2D eigenvalue weighted by Gasteiger charge is 2.23. The van der Waals surface area contributed by atoms with Crippen molar-refractivity contribution in [2.24, 2.45) is 7.05 Å². The van der Waals surface area contributed by atoms with Gasteiger partial charge in [-0.1, -0.05) is 36.4 Å². The zero-order valence-electron chi connectivity index (χ0n) is 17.7. The number of aryl methyl sites for hydroxylation is 2. The highest BCUT2D eigenvalue weighted by molar-refractivity contribution is 5.93. The summed E-state index contributed by atoms with van der Waals surface area (Å²) in [4.78, 5) is 31.5. The third kappa shape index (κ3) is 5.35. The Balaban J connectivity index is 1.70. The van der Waals surface area contributed by atoms with Crippen LogP contribution in [0, 0.1) is 6.92 Å². The Morgan fingerprint density at radius 1 is 1.07 bits per heavy atom. The number of carbonyl (C=O) groups excluding carboxylic acids is 2. The molecule has 6 heteroatoms. The summed E-state index contributed by atoms with van der Waals surface area (Å²) in [6.07, 6.45) is 3.18. The first-order valence-corrected chi connectivity index (χ1v) is 10.1. The Hall–Kier alpha value is -3.41. The summed E-state index contributed by atoms with van der Waals surface area (Å²) in [5.41, 5.74) is 3.00. The molecule has 3 rings (SSSR count). The molecule has 30 heavy (non-hydrogen) atoms. The van der Waals surface area contributed by atoms with Gasteiger partial charge in [-0.25, -0.2) is 4.98 Å². The minimum absolute atomic E-state index is 0.0732. The molecule has 1 atom stereocenters. The van der Waals surface area contributed by atoms with Gasteiger partial charge in [-0.05, 0) is 49.6 Å². The van der Waals surface area contributed by atoms with Crippen molar-refractivity contribution in [1.82, 2.24) is 19.8 Å². The van der Waals surface area contributed by atoms with E-state index in [0.717, 1.165) is 11.3 Å². The minimum Gasteiger partial charge on any atom is -0.351 e. The Labute approximate surface area is 177 Å². The maximum atomic E-state index is 13.0. The number of nitrogens with zero attached hydrogens (tertiary/aromatic N) is 3. The van der Waals surface area contributed by atoms with Crippen LogP contribution in [-0.4, -0.2) is 45.9 Å². The topological polar surface area (TPSA) is 67.2 Å². The van der Waals surface area contributed by atoms with Crippen molar-refractivity contribution in [2.45, 2.75) is 25.8 Å². The minimum atomic E-state index is -0.117. The molecule has 1 aromatic carbocycles. The molecule has 156 valence electrons. The van der Waals surface area contributed by atoms with Gasteiger partial charge in [0.25, 0.3) is 11.8 Å². The maximum absolute atomic E-state index is 13.0. The van der Waals surface area contributed by atoms with Crippen LogP contribution < -0.4 is 5.32 Å². The van der Waals surface area contributed by atoms with Crippen LogP contribution >= 0.6 is 0 Å². The molecule has 1 N–H and O–H groups in total. The van der Waals surface area contributed by atoms with E-state index in [2.05, 4.69) is 22.4 Å². The van der Waals surface area contributed by atoms with E-state index in [4.69, 9.17) is 0 Å². The van der Waals surface area contributed by atoms with Crippen LogP contribution in [0.2, 0.25) is 0 Å². The highest BCUT2D eigenvalue weighted by Crippen LogP contribution is 2.14. The second-order valence-electron chi connectivity index (χ2n) is 7.47. The van der Waals surface area contributed by atoms with Crippen LogP contribution in [0.1, 0.15) is 38.7 Å². The van der Waals surface area contributed by atoms with Crippen LogP contribution in [0.4, 0.5) is 0 Å². The normalized spacial score (nSPS) is 11.7. The first-order valence-electron chi connectivity index (χ1n) is 10.1. The molecular weight excluding hydrogens is 376 g/mol. The summed E-state index contributed by atoms with van der Waals surface area (Å²) in [5.74, 6) is -0.233. The number of nitrogens with one attached hydrogen (secondary N) is 1. The summed E-state index contributed by atoms with van der Waals surface area (Å²) < 4.78 is 1.79. The molecule has 6 nitrogen and oxygen atoms in total. The Morgan fingerprint density at radius 3 is 2.50 bits per heavy atom. The third-order valence-corrected chi connectivity index (χ3v) is 5.23. The van der Waals surface area contributed by atoms with Crippen LogP contribution in [0.25, 0.3) is 0 Å². The molecule has 0 spiro atoms. The lowest BCUT2D eigenvalue weighted by Gasteiger charge is -2.28. The van der Waals surface area contributed by atoms with Crippen molar-refractivity contribution in [3.63, 3.8) is 0 Å². The van der Waals surface area contributed by atoms with Crippen molar-refractivity contribution in [2.75, 3.05) is 13.6 Å². The summed E-state index contributed by atoms with van der Waals surface area (Å²) in [6.45, 7) is 2.34. The van der Waals surface area contributed by atoms with E-state index in [0.29, 0.717) is 30.8 Å². The fourth-order valence-electron chi connectivity index (χ4n) is 3.47. The predicted octanol–water partition coefficient (Wildman–Crippen LogP) is 3.23. The summed E-state index contributed by atoms with van der Waals surface area (Å²) in [7, 11) is 3.65. The van der Waals surface area contributed by atoms with Gasteiger partial charge in [-0.15, -0.1) is 0 Å². The molecule has 0 radical (unpaired) electrons. The molecule has 3 aromatic rings. The molecule has 0 saturated carbocycles. The first-order chi connectivity index (χ1) is 14.5. The van der Waals surface area contributed by atoms with Crippen molar-refractivity contribution in [1.29, 1.82) is 0 Å². The number of aromatic nitrogens is 2. The van der Waals surface area contributed by atoms with Gasteiger partial charge in [0, 0.05) is 38.6 Å². The van der Waals surface area contributed by atoms with Gasteiger partial charge in [0.15, 0.2) is 0 Å². The molecule has 0 aliphatic rings. The number of hydrogen-bond donors (Lipinski definition) is 1. The molecule has 1 unspecified atom stereocenters. The first kappa shape index (κ1) is 21.3. The molecule has 0 aliphatic heterocycles. The Bertz CT molecular complexity index is 997. The van der Waals surface area contributed by atoms with E-state index in [1.54, 1.807) is 28.6 Å². The number of pyridine rings is 1. The van der Waals surface area contributed by atoms with E-state index in [1.165, 1.54) is 0 Å². The standard InChI is InChI=1S/C24H28N4O2/c1-18-9-7-12-21(26-18)24(30)28(3)20(17-19-10-5-4-6-11-19)14-15-25-23(29)22-13-8-16-27(22)2/h4-13,16,20H,14-15,17H2,1-3H3,(H,25,29). The van der Waals surface area contributed by atoms with E-state index >= 15 is 0 Å². The number of benzene rings is 1. The van der Waals surface area contributed by atoms with Gasteiger partial charge < -0.3 is 14.8 Å². The fraction of sp³-hybridized carbons (Fsp3) is 0.292. The van der Waals surface area contributed by atoms with Gasteiger partial charge in [0.05, 0.1) is 0 Å². The SMILES string of the molecule is Cc1cccc(C(=O)N(C)C(CCNC(=O)c2cccn2C)Cc2ccccc2)n1. The number of amides is 2. The smallest absolute Gasteiger partial charge is 0.272 e. The van der Waals surface area contributed by atoms with Gasteiger partial charge in [0.2, 0.25) is 0 Å². The average Bonchev–Trinajstić information content (AvgIpc) is 3.18. The number of hydrogen-bond acceptors (Lipinski definition) is 3. The fourth-order valence-corrected chi connectivity index (χ4v) is 3.47. The van der Waals surface area contributed by atoms with E-state index < -0.39 is 0 Å². The molecule has 2 aromatic heterocycles. The van der Waals surface area contributed by atoms with E-state index in [9.17, 15) is 9.59 Å². The van der Waals surface area contributed by atoms with Gasteiger partial charge in [0.1, 0.15) is 11.4 Å². The number of likely N-dealkylation sites (N-methyl/N-ethyl adjacent to an activating group) is 1. The molecule has 2 amide bonds. The monoisotopic (exact) mass is 404 g/mol. The molecule has 0 bridgehead atoms. The van der Waals surface area contributed by atoms with Gasteiger partial charge >= 0.3 is 0 Å². The molecule has 0 saturated heterocycles. The lowest BCUT2D eigenvalue weighted by atomic mass is 10.0. The average molecular weight is 405 g/mol. The van der Waals surface area contributed by atoms with Gasteiger partial charge in [-0.2, -0.15) is 0 Å². The van der Waals surface area contributed by atoms with E-state index in [1.807, 2.05) is 56.6 Å². The summed E-state index contributed by atoms with van der Waals surface area (Å²) >= 11 is 0. The van der Waals surface area contributed by atoms with E-state index in [-0.39, 0.29) is 17.9 Å². The maximum Gasteiger partial charge on any atom is 0.272 e. The summed E-state index contributed by atoms with van der Waals surface area (Å²) in [5, 5.41) is 2.97. The molecule has 0 fully saturated rings. The van der Waals surface area contributed by atoms with Gasteiger partial charge in [-0.3, -0.25) is 9.59 Å². The largest absolute Gasteiger partial charge is 0.351 e. The molecule has 2 heterocycles. The van der Waals surface area contributed by atoms with Crippen LogP contribution in [0.15, 0.2) is 66.9 Å². The third-order valence-electron chi connectivity index (χ3n) is 5.23. The number of carbonyl (C=O) groups is 2. The zero-order valence-corrected chi connectivity index (χ0v) is 17.7. The van der Waals surface area contributed by atoms with Crippen molar-refractivity contribution in [3.8, 4) is 0 Å². The highest BCUT2D eigenvalue weighted by atomic mass is 16.2. The summed E-state index contributed by atoms with van der Waals surface area (Å²) in [6, 6.07) is 19.1. The van der Waals surface area contributed by atoms with Crippen LogP contribution in [-0.2, 0) is 13.5 Å². The van der Waals surface area contributed by atoms with Crippen LogP contribution in [0.3, 0.4) is 0 Å². The second kappa shape index (κ2) is 9.87. The van der Waals surface area contributed by atoms with Crippen molar-refractivity contribution >= 4 is 11.8 Å². The lowest BCUT2D eigenvalue weighted by molar-refractivity contribution is 0.0716. The zero-order chi connectivity index (χ0) is 21.5.